The van der Waals surface area contributed by atoms with E-state index in [-0.39, 0.29) is 0 Å². The van der Waals surface area contributed by atoms with Gasteiger partial charge < -0.3 is 9.47 Å². The van der Waals surface area contributed by atoms with Crippen molar-refractivity contribution < 1.29 is 9.47 Å². The van der Waals surface area contributed by atoms with Crippen LogP contribution in [0.1, 0.15) is 12.5 Å². The highest BCUT2D eigenvalue weighted by Crippen LogP contribution is 2.37. The summed E-state index contributed by atoms with van der Waals surface area (Å²) >= 11 is 9.23. The van der Waals surface area contributed by atoms with Gasteiger partial charge in [-0.3, -0.25) is 0 Å². The maximum atomic E-state index is 5.83. The quantitative estimate of drug-likeness (QED) is 0.771. The van der Waals surface area contributed by atoms with E-state index in [1.54, 1.807) is 6.26 Å². The molecule has 0 amide bonds. The van der Waals surface area contributed by atoms with Gasteiger partial charge in [-0.2, -0.15) is 0 Å². The fourth-order valence-corrected chi connectivity index (χ4v) is 2.15. The number of alkyl halides is 1. The van der Waals surface area contributed by atoms with Crippen molar-refractivity contribution in [1.29, 1.82) is 0 Å². The van der Waals surface area contributed by atoms with Crippen molar-refractivity contribution in [3.63, 3.8) is 0 Å². The second kappa shape index (κ2) is 4.06. The average Bonchev–Trinajstić information content (AvgIpc) is 2.62. The Morgan fingerprint density at radius 1 is 1.33 bits per heavy atom. The molecule has 80 valence electrons. The largest absolute Gasteiger partial charge is 0.452 e. The van der Waals surface area contributed by atoms with Gasteiger partial charge in [0.25, 0.3) is 5.79 Å². The summed E-state index contributed by atoms with van der Waals surface area (Å²) in [5, 5.41) is 1.27. The van der Waals surface area contributed by atoms with Gasteiger partial charge in [0.05, 0.1) is 5.33 Å². The maximum absolute atomic E-state index is 5.83. The normalized spacial score (nSPS) is 24.3. The number of hydrogen-bond acceptors (Lipinski definition) is 2. The van der Waals surface area contributed by atoms with E-state index in [9.17, 15) is 0 Å². The molecule has 1 aromatic rings. The number of hydrogen-bond donors (Lipinski definition) is 0. The van der Waals surface area contributed by atoms with Crippen molar-refractivity contribution in [2.75, 3.05) is 5.33 Å². The van der Waals surface area contributed by atoms with Crippen LogP contribution in [0, 0.1) is 0 Å². The van der Waals surface area contributed by atoms with Gasteiger partial charge in [0.2, 0.25) is 0 Å². The average molecular weight is 290 g/mol. The number of benzene rings is 1. The zero-order chi connectivity index (χ0) is 10.9. The summed E-state index contributed by atoms with van der Waals surface area (Å²) in [6.45, 7) is 1.86. The maximum Gasteiger partial charge on any atom is 0.286 e. The summed E-state index contributed by atoms with van der Waals surface area (Å²) in [6, 6.07) is 7.44. The standard InChI is InChI=1S/C11H10BrClO2/c1-8-6-14-11(7-12,15-8)9-2-4-10(13)5-3-9/h2-6H,7H2,1H3/t11-/m0/s1. The van der Waals surface area contributed by atoms with Gasteiger partial charge in [-0.1, -0.05) is 27.5 Å². The Morgan fingerprint density at radius 2 is 2.00 bits per heavy atom. The van der Waals surface area contributed by atoms with Crippen LogP contribution in [0.5, 0.6) is 0 Å². The van der Waals surface area contributed by atoms with Crippen molar-refractivity contribution in [2.24, 2.45) is 0 Å². The Bertz CT molecular complexity index is 388. The predicted molar refractivity (Wildman–Crippen MR) is 62.9 cm³/mol. The first-order valence-corrected chi connectivity index (χ1v) is 6.02. The molecule has 0 bridgehead atoms. The number of ether oxygens (including phenoxy) is 2. The van der Waals surface area contributed by atoms with Gasteiger partial charge in [-0.25, -0.2) is 0 Å². The lowest BCUT2D eigenvalue weighted by Crippen LogP contribution is -2.29. The molecule has 15 heavy (non-hydrogen) atoms. The number of halogens is 2. The van der Waals surface area contributed by atoms with Crippen molar-refractivity contribution in [3.05, 3.63) is 46.9 Å². The Balaban J connectivity index is 2.32. The minimum Gasteiger partial charge on any atom is -0.452 e. The van der Waals surface area contributed by atoms with Crippen LogP contribution in [-0.4, -0.2) is 5.33 Å². The fourth-order valence-electron chi connectivity index (χ4n) is 1.45. The van der Waals surface area contributed by atoms with Crippen LogP contribution >= 0.6 is 27.5 Å². The highest BCUT2D eigenvalue weighted by atomic mass is 79.9. The van der Waals surface area contributed by atoms with E-state index in [1.807, 2.05) is 31.2 Å². The molecule has 0 aromatic heterocycles. The zero-order valence-electron chi connectivity index (χ0n) is 8.17. The summed E-state index contributed by atoms with van der Waals surface area (Å²) in [6.07, 6.45) is 1.62. The van der Waals surface area contributed by atoms with Crippen molar-refractivity contribution >= 4 is 27.5 Å². The van der Waals surface area contributed by atoms with Gasteiger partial charge in [-0.15, -0.1) is 0 Å². The topological polar surface area (TPSA) is 18.5 Å². The van der Waals surface area contributed by atoms with E-state index in [2.05, 4.69) is 15.9 Å². The monoisotopic (exact) mass is 288 g/mol. The molecule has 1 aliphatic rings. The molecule has 1 aliphatic heterocycles. The van der Waals surface area contributed by atoms with Crippen LogP contribution in [0.4, 0.5) is 0 Å². The van der Waals surface area contributed by atoms with Crippen molar-refractivity contribution in [3.8, 4) is 0 Å². The van der Waals surface area contributed by atoms with Gasteiger partial charge in [-0.05, 0) is 31.2 Å². The van der Waals surface area contributed by atoms with Gasteiger partial charge >= 0.3 is 0 Å². The van der Waals surface area contributed by atoms with Crippen molar-refractivity contribution in [1.82, 2.24) is 0 Å². The molecule has 0 spiro atoms. The SMILES string of the molecule is CC1=CO[C@](CBr)(c2ccc(Cl)cc2)O1. The second-order valence-electron chi connectivity index (χ2n) is 3.34. The van der Waals surface area contributed by atoms with Crippen molar-refractivity contribution in [2.45, 2.75) is 12.7 Å². The lowest BCUT2D eigenvalue weighted by Gasteiger charge is -2.26. The highest BCUT2D eigenvalue weighted by Gasteiger charge is 2.38. The van der Waals surface area contributed by atoms with Crippen LogP contribution in [-0.2, 0) is 15.3 Å². The second-order valence-corrected chi connectivity index (χ2v) is 4.34. The zero-order valence-corrected chi connectivity index (χ0v) is 10.5. The molecule has 0 radical (unpaired) electrons. The van der Waals surface area contributed by atoms with Crippen LogP contribution < -0.4 is 0 Å². The first kappa shape index (κ1) is 10.8. The molecule has 2 nitrogen and oxygen atoms in total. The molecular weight excluding hydrogens is 279 g/mol. The van der Waals surface area contributed by atoms with Gasteiger partial charge in [0.1, 0.15) is 12.0 Å². The summed E-state index contributed by atoms with van der Waals surface area (Å²) in [5.41, 5.74) is 0.942. The predicted octanol–water partition coefficient (Wildman–Crippen LogP) is 3.80. The molecule has 0 saturated heterocycles. The summed E-state index contributed by atoms with van der Waals surface area (Å²) in [7, 11) is 0. The van der Waals surface area contributed by atoms with Crippen LogP contribution in [0.25, 0.3) is 0 Å². The third kappa shape index (κ3) is 1.99. The third-order valence-electron chi connectivity index (χ3n) is 2.20. The third-order valence-corrected chi connectivity index (χ3v) is 3.19. The molecule has 0 unspecified atom stereocenters. The molecular formula is C11H10BrClO2. The molecule has 4 heteroatoms. The first-order valence-electron chi connectivity index (χ1n) is 4.52. The minimum atomic E-state index is -0.741. The Labute approximate surface area is 102 Å². The van der Waals surface area contributed by atoms with Crippen LogP contribution in [0.15, 0.2) is 36.3 Å². The summed E-state index contributed by atoms with van der Waals surface area (Å²) < 4.78 is 11.2. The van der Waals surface area contributed by atoms with Crippen LogP contribution in [0.2, 0.25) is 5.02 Å². The highest BCUT2D eigenvalue weighted by molar-refractivity contribution is 9.09. The fraction of sp³-hybridized carbons (Fsp3) is 0.273. The molecule has 1 aromatic carbocycles. The van der Waals surface area contributed by atoms with E-state index >= 15 is 0 Å². The molecule has 0 saturated carbocycles. The van der Waals surface area contributed by atoms with Crippen LogP contribution in [0.3, 0.4) is 0 Å². The smallest absolute Gasteiger partial charge is 0.286 e. The molecule has 0 N–H and O–H groups in total. The Morgan fingerprint density at radius 3 is 2.47 bits per heavy atom. The molecule has 1 heterocycles. The molecule has 0 fully saturated rings. The lowest BCUT2D eigenvalue weighted by molar-refractivity contribution is -0.134. The minimum absolute atomic E-state index is 0.565. The Hall–Kier alpha value is -0.670. The first-order chi connectivity index (χ1) is 7.16. The van der Waals surface area contributed by atoms with E-state index < -0.39 is 5.79 Å². The number of allylic oxidation sites excluding steroid dienone is 1. The lowest BCUT2D eigenvalue weighted by atomic mass is 10.1. The van der Waals surface area contributed by atoms with E-state index in [0.29, 0.717) is 10.4 Å². The summed E-state index contributed by atoms with van der Waals surface area (Å²) in [4.78, 5) is 0. The Kier molecular flexibility index (Phi) is 2.94. The van der Waals surface area contributed by atoms with E-state index in [0.717, 1.165) is 11.3 Å². The molecule has 1 atom stereocenters. The van der Waals surface area contributed by atoms with Gasteiger partial charge in [0, 0.05) is 10.6 Å². The van der Waals surface area contributed by atoms with E-state index in [1.165, 1.54) is 0 Å². The van der Waals surface area contributed by atoms with Gasteiger partial charge in [0.15, 0.2) is 0 Å². The number of rotatable bonds is 2. The molecule has 0 aliphatic carbocycles. The summed E-state index contributed by atoms with van der Waals surface area (Å²) in [5.74, 6) is 0.0266. The molecule has 2 rings (SSSR count). The van der Waals surface area contributed by atoms with E-state index in [4.69, 9.17) is 21.1 Å².